The summed E-state index contributed by atoms with van der Waals surface area (Å²) in [5.41, 5.74) is -1.52. The number of halogens is 2. The van der Waals surface area contributed by atoms with E-state index in [1.165, 1.54) is 6.92 Å². The van der Waals surface area contributed by atoms with Crippen LogP contribution >= 0.6 is 0 Å². The molecule has 0 fully saturated rings. The fourth-order valence-corrected chi connectivity index (χ4v) is 0.959. The highest BCUT2D eigenvalue weighted by atomic mass is 19.3. The Kier molecular flexibility index (Phi) is 2.55. The van der Waals surface area contributed by atoms with E-state index in [4.69, 9.17) is 0 Å². The van der Waals surface area contributed by atoms with Gasteiger partial charge < -0.3 is 4.98 Å². The predicted molar refractivity (Wildman–Crippen MR) is 42.1 cm³/mol. The van der Waals surface area contributed by atoms with Gasteiger partial charge in [0.1, 0.15) is 0 Å². The third kappa shape index (κ3) is 1.63. The molecule has 0 unspecified atom stereocenters. The van der Waals surface area contributed by atoms with Crippen LogP contribution in [-0.4, -0.2) is 11.3 Å². The Morgan fingerprint density at radius 2 is 2.15 bits per heavy atom. The zero-order chi connectivity index (χ0) is 10.0. The van der Waals surface area contributed by atoms with E-state index in [9.17, 15) is 18.4 Å². The molecule has 0 aromatic carbocycles. The van der Waals surface area contributed by atoms with Crippen LogP contribution in [-0.2, 0) is 0 Å². The van der Waals surface area contributed by atoms with Crippen molar-refractivity contribution < 1.29 is 13.6 Å². The second kappa shape index (κ2) is 3.47. The number of carbonyl (C=O) groups excluding carboxylic acids is 1. The molecule has 1 N–H and O–H groups in total. The summed E-state index contributed by atoms with van der Waals surface area (Å²) in [7, 11) is 0. The minimum absolute atomic E-state index is 0.238. The molecule has 0 saturated carbocycles. The normalized spacial score (nSPS) is 10.5. The smallest absolute Gasteiger partial charge is 0.269 e. The molecule has 0 amide bonds. The molecule has 0 saturated heterocycles. The van der Waals surface area contributed by atoms with Gasteiger partial charge in [-0.1, -0.05) is 0 Å². The lowest BCUT2D eigenvalue weighted by Crippen LogP contribution is -2.17. The van der Waals surface area contributed by atoms with Crippen molar-refractivity contribution in [3.63, 3.8) is 0 Å². The number of aromatic amines is 1. The maximum absolute atomic E-state index is 12.1. The van der Waals surface area contributed by atoms with Crippen LogP contribution in [0.1, 0.15) is 28.0 Å². The molecule has 0 radical (unpaired) electrons. The third-order valence-corrected chi connectivity index (χ3v) is 1.71. The van der Waals surface area contributed by atoms with E-state index in [0.717, 1.165) is 6.20 Å². The van der Waals surface area contributed by atoms with Crippen LogP contribution in [0.3, 0.4) is 0 Å². The zero-order valence-corrected chi connectivity index (χ0v) is 6.80. The zero-order valence-electron chi connectivity index (χ0n) is 6.80. The highest BCUT2D eigenvalue weighted by Gasteiger charge is 2.15. The Labute approximate surface area is 72.4 Å². The van der Waals surface area contributed by atoms with Gasteiger partial charge in [0.15, 0.2) is 6.29 Å². The molecule has 1 aromatic rings. The summed E-state index contributed by atoms with van der Waals surface area (Å²) in [6, 6.07) is 0. The van der Waals surface area contributed by atoms with Gasteiger partial charge in [0.25, 0.3) is 6.43 Å². The molecule has 1 heterocycles. The summed E-state index contributed by atoms with van der Waals surface area (Å²) in [4.78, 5) is 23.9. The molecule has 3 nitrogen and oxygen atoms in total. The van der Waals surface area contributed by atoms with E-state index in [1.54, 1.807) is 0 Å². The van der Waals surface area contributed by atoms with Crippen LogP contribution in [0, 0.1) is 6.92 Å². The van der Waals surface area contributed by atoms with Crippen molar-refractivity contribution in [3.05, 3.63) is 33.2 Å². The summed E-state index contributed by atoms with van der Waals surface area (Å²) in [5, 5.41) is 0. The molecule has 0 aliphatic heterocycles. The standard InChI is InChI=1S/C8H7F2NO2/c1-4-6(3-12)7(13)5(2-11-4)8(9)10/h2-3,8H,1H3,(H,11,13). The quantitative estimate of drug-likeness (QED) is 0.712. The molecule has 0 bridgehead atoms. The number of hydrogen-bond donors (Lipinski definition) is 1. The van der Waals surface area contributed by atoms with Gasteiger partial charge in [0.05, 0.1) is 11.1 Å². The number of aldehydes is 1. The molecule has 0 spiro atoms. The minimum Gasteiger partial charge on any atom is -0.364 e. The number of alkyl halides is 2. The Balaban J connectivity index is 3.45. The summed E-state index contributed by atoms with van der Waals surface area (Å²) < 4.78 is 24.3. The van der Waals surface area contributed by atoms with Crippen molar-refractivity contribution in [2.45, 2.75) is 13.3 Å². The van der Waals surface area contributed by atoms with Crippen LogP contribution < -0.4 is 5.43 Å². The van der Waals surface area contributed by atoms with Crippen molar-refractivity contribution in [2.24, 2.45) is 0 Å². The van der Waals surface area contributed by atoms with Crippen molar-refractivity contribution in [2.75, 3.05) is 0 Å². The van der Waals surface area contributed by atoms with Crippen LogP contribution in [0.2, 0.25) is 0 Å². The molecular formula is C8H7F2NO2. The van der Waals surface area contributed by atoms with Gasteiger partial charge >= 0.3 is 0 Å². The SMILES string of the molecule is Cc1[nH]cc(C(F)F)c(=O)c1C=O. The molecule has 0 aliphatic rings. The lowest BCUT2D eigenvalue weighted by molar-refractivity contribution is 0.112. The number of aryl methyl sites for hydroxylation is 1. The number of nitrogens with one attached hydrogen (secondary N) is 1. The van der Waals surface area contributed by atoms with Crippen molar-refractivity contribution in [3.8, 4) is 0 Å². The molecule has 5 heteroatoms. The first-order valence-electron chi connectivity index (χ1n) is 3.53. The second-order valence-corrected chi connectivity index (χ2v) is 2.53. The fourth-order valence-electron chi connectivity index (χ4n) is 0.959. The maximum atomic E-state index is 12.1. The molecule has 1 aromatic heterocycles. The summed E-state index contributed by atoms with van der Waals surface area (Å²) in [5.74, 6) is 0. The van der Waals surface area contributed by atoms with Gasteiger partial charge in [0, 0.05) is 11.9 Å². The minimum atomic E-state index is -2.86. The highest BCUT2D eigenvalue weighted by molar-refractivity contribution is 5.76. The van der Waals surface area contributed by atoms with Crippen molar-refractivity contribution >= 4 is 6.29 Å². The fraction of sp³-hybridized carbons (Fsp3) is 0.250. The van der Waals surface area contributed by atoms with Crippen molar-refractivity contribution in [1.29, 1.82) is 0 Å². The number of hydrogen-bond acceptors (Lipinski definition) is 2. The third-order valence-electron chi connectivity index (χ3n) is 1.71. The van der Waals surface area contributed by atoms with E-state index in [1.807, 2.05) is 0 Å². The highest BCUT2D eigenvalue weighted by Crippen LogP contribution is 2.14. The Bertz CT molecular complexity index is 384. The van der Waals surface area contributed by atoms with Crippen LogP contribution in [0.25, 0.3) is 0 Å². The number of aromatic nitrogens is 1. The second-order valence-electron chi connectivity index (χ2n) is 2.53. The van der Waals surface area contributed by atoms with Gasteiger partial charge in [-0.3, -0.25) is 9.59 Å². The lowest BCUT2D eigenvalue weighted by atomic mass is 10.1. The summed E-state index contributed by atoms with van der Waals surface area (Å²) >= 11 is 0. The average Bonchev–Trinajstić information content (AvgIpc) is 2.04. The molecule has 0 atom stereocenters. The predicted octanol–water partition coefficient (Wildman–Crippen LogP) is 1.43. The van der Waals surface area contributed by atoms with E-state index >= 15 is 0 Å². The first-order valence-corrected chi connectivity index (χ1v) is 3.53. The van der Waals surface area contributed by atoms with Gasteiger partial charge in [-0.15, -0.1) is 0 Å². The Hall–Kier alpha value is -1.52. The van der Waals surface area contributed by atoms with Gasteiger partial charge in [-0.05, 0) is 6.92 Å². The topological polar surface area (TPSA) is 49.9 Å². The number of carbonyl (C=O) groups is 1. The van der Waals surface area contributed by atoms with E-state index in [2.05, 4.69) is 4.98 Å². The van der Waals surface area contributed by atoms with Crippen LogP contribution in [0.5, 0.6) is 0 Å². The molecule has 70 valence electrons. The monoisotopic (exact) mass is 187 g/mol. The lowest BCUT2D eigenvalue weighted by Gasteiger charge is -2.01. The number of rotatable bonds is 2. The number of pyridine rings is 1. The first kappa shape index (κ1) is 9.57. The first-order chi connectivity index (χ1) is 6.07. The maximum Gasteiger partial charge on any atom is 0.269 e. The molecule has 1 rings (SSSR count). The van der Waals surface area contributed by atoms with E-state index < -0.39 is 17.4 Å². The van der Waals surface area contributed by atoms with Crippen molar-refractivity contribution in [1.82, 2.24) is 4.98 Å². The largest absolute Gasteiger partial charge is 0.364 e. The van der Waals surface area contributed by atoms with Crippen LogP contribution in [0.4, 0.5) is 8.78 Å². The van der Waals surface area contributed by atoms with Gasteiger partial charge in [-0.25, -0.2) is 8.78 Å². The van der Waals surface area contributed by atoms with E-state index in [0.29, 0.717) is 5.69 Å². The van der Waals surface area contributed by atoms with Gasteiger partial charge in [0.2, 0.25) is 5.43 Å². The Morgan fingerprint density at radius 3 is 2.62 bits per heavy atom. The molecule has 0 aliphatic carbocycles. The van der Waals surface area contributed by atoms with Crippen LogP contribution in [0.15, 0.2) is 11.0 Å². The molecular weight excluding hydrogens is 180 g/mol. The Morgan fingerprint density at radius 1 is 1.54 bits per heavy atom. The number of H-pyrrole nitrogens is 1. The molecule has 13 heavy (non-hydrogen) atoms. The summed E-state index contributed by atoms with van der Waals surface area (Å²) in [6.45, 7) is 1.47. The van der Waals surface area contributed by atoms with E-state index in [-0.39, 0.29) is 11.8 Å². The van der Waals surface area contributed by atoms with Gasteiger partial charge in [-0.2, -0.15) is 0 Å². The average molecular weight is 187 g/mol. The summed E-state index contributed by atoms with van der Waals surface area (Å²) in [6.07, 6.45) is -1.65.